The number of rotatable bonds is 6. The normalized spacial score (nSPS) is 16.0. The average molecular weight is 339 g/mol. The Balaban J connectivity index is 1.67. The van der Waals surface area contributed by atoms with E-state index < -0.39 is 10.0 Å². The fraction of sp³-hybridized carbons (Fsp3) is 0.562. The molecule has 1 saturated carbocycles. The quantitative estimate of drug-likeness (QED) is 0.739. The van der Waals surface area contributed by atoms with Crippen LogP contribution in [0.25, 0.3) is 0 Å². The van der Waals surface area contributed by atoms with Crippen molar-refractivity contribution in [2.24, 2.45) is 11.1 Å². The molecule has 0 saturated heterocycles. The number of sulfonamides is 1. The summed E-state index contributed by atoms with van der Waals surface area (Å²) >= 11 is 0. The number of carbonyl (C=O) groups is 1. The monoisotopic (exact) mass is 339 g/mol. The zero-order valence-corrected chi connectivity index (χ0v) is 14.1. The van der Waals surface area contributed by atoms with Crippen molar-refractivity contribution in [3.05, 3.63) is 29.8 Å². The van der Waals surface area contributed by atoms with Gasteiger partial charge in [0.2, 0.25) is 10.0 Å². The predicted molar refractivity (Wildman–Crippen MR) is 89.2 cm³/mol. The van der Waals surface area contributed by atoms with Crippen molar-refractivity contribution in [1.29, 1.82) is 0 Å². The summed E-state index contributed by atoms with van der Waals surface area (Å²) in [5.41, 5.74) is 0.819. The van der Waals surface area contributed by atoms with E-state index in [2.05, 4.69) is 10.6 Å². The Labute approximate surface area is 137 Å². The Morgan fingerprint density at radius 2 is 1.74 bits per heavy atom. The zero-order chi connectivity index (χ0) is 16.7. The fourth-order valence-electron chi connectivity index (χ4n) is 2.91. The van der Waals surface area contributed by atoms with E-state index in [1.165, 1.54) is 44.2 Å². The molecule has 0 unspecified atom stereocenters. The highest BCUT2D eigenvalue weighted by molar-refractivity contribution is 7.89. The number of primary sulfonamides is 1. The molecule has 128 valence electrons. The van der Waals surface area contributed by atoms with Crippen molar-refractivity contribution >= 4 is 16.1 Å². The van der Waals surface area contributed by atoms with Crippen LogP contribution < -0.4 is 15.8 Å². The summed E-state index contributed by atoms with van der Waals surface area (Å²) in [6.07, 6.45) is 7.56. The van der Waals surface area contributed by atoms with Gasteiger partial charge in [0.25, 0.3) is 0 Å². The van der Waals surface area contributed by atoms with Crippen LogP contribution in [0.4, 0.5) is 4.79 Å². The molecule has 1 fully saturated rings. The summed E-state index contributed by atoms with van der Waals surface area (Å²) in [5.74, 6) is 0.745. The highest BCUT2D eigenvalue weighted by Gasteiger charge is 2.13. The predicted octanol–water partition coefficient (Wildman–Crippen LogP) is 2.10. The molecule has 1 aliphatic rings. The second-order valence-electron chi connectivity index (χ2n) is 6.09. The van der Waals surface area contributed by atoms with Gasteiger partial charge in [-0.05, 0) is 30.0 Å². The van der Waals surface area contributed by atoms with Crippen LogP contribution in [0.3, 0.4) is 0 Å². The molecule has 7 heteroatoms. The number of urea groups is 1. The lowest BCUT2D eigenvalue weighted by Gasteiger charge is -2.21. The van der Waals surface area contributed by atoms with Crippen LogP contribution in [0.5, 0.6) is 0 Å². The van der Waals surface area contributed by atoms with E-state index in [-0.39, 0.29) is 10.9 Å². The number of carbonyl (C=O) groups excluding carboxylic acids is 1. The van der Waals surface area contributed by atoms with E-state index >= 15 is 0 Å². The van der Waals surface area contributed by atoms with Gasteiger partial charge in [0.05, 0.1) is 4.90 Å². The summed E-state index contributed by atoms with van der Waals surface area (Å²) in [4.78, 5) is 11.8. The summed E-state index contributed by atoms with van der Waals surface area (Å²) in [6, 6.07) is 5.96. The Bertz CT molecular complexity index is 608. The Hall–Kier alpha value is -1.60. The van der Waals surface area contributed by atoms with Gasteiger partial charge < -0.3 is 10.6 Å². The molecule has 0 radical (unpaired) electrons. The molecule has 1 aliphatic carbocycles. The third-order valence-electron chi connectivity index (χ3n) is 4.27. The van der Waals surface area contributed by atoms with Gasteiger partial charge in [-0.15, -0.1) is 0 Å². The Kier molecular flexibility index (Phi) is 6.41. The number of benzene rings is 1. The molecule has 0 bridgehead atoms. The average Bonchev–Trinajstić information content (AvgIpc) is 2.53. The van der Waals surface area contributed by atoms with Gasteiger partial charge in [-0.3, -0.25) is 0 Å². The van der Waals surface area contributed by atoms with Crippen LogP contribution in [-0.2, 0) is 16.6 Å². The summed E-state index contributed by atoms with van der Waals surface area (Å²) in [6.45, 7) is 1.04. The first-order valence-corrected chi connectivity index (χ1v) is 9.63. The summed E-state index contributed by atoms with van der Waals surface area (Å²) in [5, 5.41) is 10.7. The maximum absolute atomic E-state index is 11.7. The molecule has 4 N–H and O–H groups in total. The molecular formula is C16H25N3O3S. The van der Waals surface area contributed by atoms with Gasteiger partial charge in [0, 0.05) is 13.1 Å². The number of amides is 2. The first-order chi connectivity index (χ1) is 10.9. The first-order valence-electron chi connectivity index (χ1n) is 8.08. The third kappa shape index (κ3) is 6.19. The molecule has 0 atom stereocenters. The molecule has 1 aromatic rings. The zero-order valence-electron chi connectivity index (χ0n) is 13.3. The minimum atomic E-state index is -3.67. The highest BCUT2D eigenvalue weighted by Crippen LogP contribution is 2.25. The van der Waals surface area contributed by atoms with Crippen molar-refractivity contribution in [3.63, 3.8) is 0 Å². The SMILES string of the molecule is NS(=O)(=O)c1ccc(CNC(=O)NCCC2CCCCC2)cc1. The molecule has 0 heterocycles. The second kappa shape index (κ2) is 8.31. The molecule has 2 rings (SSSR count). The van der Waals surface area contributed by atoms with Crippen LogP contribution in [0.1, 0.15) is 44.1 Å². The van der Waals surface area contributed by atoms with E-state index in [0.29, 0.717) is 13.1 Å². The smallest absolute Gasteiger partial charge is 0.315 e. The van der Waals surface area contributed by atoms with Crippen LogP contribution >= 0.6 is 0 Å². The van der Waals surface area contributed by atoms with E-state index in [1.807, 2.05) is 0 Å². The highest BCUT2D eigenvalue weighted by atomic mass is 32.2. The Morgan fingerprint density at radius 3 is 2.35 bits per heavy atom. The number of nitrogens with two attached hydrogens (primary N) is 1. The maximum Gasteiger partial charge on any atom is 0.315 e. The maximum atomic E-state index is 11.7. The third-order valence-corrected chi connectivity index (χ3v) is 5.20. The van der Waals surface area contributed by atoms with Crippen LogP contribution in [0.2, 0.25) is 0 Å². The van der Waals surface area contributed by atoms with Crippen LogP contribution in [-0.4, -0.2) is 21.0 Å². The number of nitrogens with one attached hydrogen (secondary N) is 2. The van der Waals surface area contributed by atoms with Gasteiger partial charge >= 0.3 is 6.03 Å². The van der Waals surface area contributed by atoms with Gasteiger partial charge in [-0.1, -0.05) is 44.2 Å². The van der Waals surface area contributed by atoms with E-state index in [9.17, 15) is 13.2 Å². The topological polar surface area (TPSA) is 101 Å². The lowest BCUT2D eigenvalue weighted by Crippen LogP contribution is -2.36. The van der Waals surface area contributed by atoms with Crippen LogP contribution in [0, 0.1) is 5.92 Å². The van der Waals surface area contributed by atoms with Gasteiger partial charge in [-0.2, -0.15) is 0 Å². The summed E-state index contributed by atoms with van der Waals surface area (Å²) < 4.78 is 22.3. The summed E-state index contributed by atoms with van der Waals surface area (Å²) in [7, 11) is -3.67. The standard InChI is InChI=1S/C16H25N3O3S/c17-23(21,22)15-8-6-14(7-9-15)12-19-16(20)18-11-10-13-4-2-1-3-5-13/h6-9,13H,1-5,10-12H2,(H2,17,21,22)(H2,18,19,20). The molecular weight excluding hydrogens is 314 g/mol. The molecule has 1 aromatic carbocycles. The minimum absolute atomic E-state index is 0.0678. The second-order valence-corrected chi connectivity index (χ2v) is 7.65. The van der Waals surface area contributed by atoms with Gasteiger partial charge in [-0.25, -0.2) is 18.4 Å². The molecule has 0 spiro atoms. The van der Waals surface area contributed by atoms with Gasteiger partial charge in [0.1, 0.15) is 0 Å². The van der Waals surface area contributed by atoms with Crippen molar-refractivity contribution < 1.29 is 13.2 Å². The van der Waals surface area contributed by atoms with Crippen molar-refractivity contribution in [3.8, 4) is 0 Å². The lowest BCUT2D eigenvalue weighted by molar-refractivity contribution is 0.238. The molecule has 23 heavy (non-hydrogen) atoms. The van der Waals surface area contributed by atoms with Crippen molar-refractivity contribution in [1.82, 2.24) is 10.6 Å². The van der Waals surface area contributed by atoms with E-state index in [0.717, 1.165) is 17.9 Å². The molecule has 0 aromatic heterocycles. The molecule has 2 amide bonds. The number of hydrogen-bond acceptors (Lipinski definition) is 3. The molecule has 0 aliphatic heterocycles. The lowest BCUT2D eigenvalue weighted by atomic mass is 9.87. The van der Waals surface area contributed by atoms with Crippen molar-refractivity contribution in [2.75, 3.05) is 6.54 Å². The van der Waals surface area contributed by atoms with Gasteiger partial charge in [0.15, 0.2) is 0 Å². The van der Waals surface area contributed by atoms with Crippen molar-refractivity contribution in [2.45, 2.75) is 50.0 Å². The first kappa shape index (κ1) is 17.7. The van der Waals surface area contributed by atoms with Crippen LogP contribution in [0.15, 0.2) is 29.2 Å². The number of hydrogen-bond donors (Lipinski definition) is 3. The minimum Gasteiger partial charge on any atom is -0.338 e. The Morgan fingerprint density at radius 1 is 1.09 bits per heavy atom. The molecule has 6 nitrogen and oxygen atoms in total. The largest absolute Gasteiger partial charge is 0.338 e. The fourth-order valence-corrected chi connectivity index (χ4v) is 3.42. The van der Waals surface area contributed by atoms with E-state index in [4.69, 9.17) is 5.14 Å². The van der Waals surface area contributed by atoms with E-state index in [1.54, 1.807) is 12.1 Å².